The summed E-state index contributed by atoms with van der Waals surface area (Å²) < 4.78 is 2.30. The summed E-state index contributed by atoms with van der Waals surface area (Å²) in [6.45, 7) is 0.832. The van der Waals surface area contributed by atoms with Crippen molar-refractivity contribution in [3.8, 4) is 11.1 Å². The van der Waals surface area contributed by atoms with Crippen molar-refractivity contribution in [2.75, 3.05) is 0 Å². The standard InChI is InChI=1S/C19H17N5/c1-2-4-18-14(3-1)5-6-24(18)12-13-7-16-17(15-9-22-23-10-15)11-21-19(16)20-8-13/h2,4-11H,1,3,12H2,(H,20,21)(H,22,23). The predicted octanol–water partition coefficient (Wildman–Crippen LogP) is 3.76. The average molecular weight is 315 g/mol. The lowest BCUT2D eigenvalue weighted by molar-refractivity contribution is 0.785. The van der Waals surface area contributed by atoms with Gasteiger partial charge in [0, 0.05) is 53.5 Å². The second-order valence-corrected chi connectivity index (χ2v) is 6.22. The van der Waals surface area contributed by atoms with E-state index >= 15 is 0 Å². The first kappa shape index (κ1) is 13.4. The Labute approximate surface area is 139 Å². The largest absolute Gasteiger partial charge is 0.346 e. The average Bonchev–Trinajstić information content (AvgIpc) is 3.34. The van der Waals surface area contributed by atoms with Gasteiger partial charge in [0.2, 0.25) is 0 Å². The van der Waals surface area contributed by atoms with Crippen LogP contribution < -0.4 is 0 Å². The van der Waals surface area contributed by atoms with Crippen molar-refractivity contribution >= 4 is 17.1 Å². The number of nitrogens with one attached hydrogen (secondary N) is 2. The Morgan fingerprint density at radius 2 is 2.21 bits per heavy atom. The van der Waals surface area contributed by atoms with Crippen LogP contribution in [0.25, 0.3) is 28.2 Å². The zero-order valence-corrected chi connectivity index (χ0v) is 13.2. The number of nitrogens with zero attached hydrogens (tertiary/aromatic N) is 3. The summed E-state index contributed by atoms with van der Waals surface area (Å²) in [5.74, 6) is 0. The number of aromatic amines is 2. The highest BCUT2D eigenvalue weighted by Gasteiger charge is 2.12. The van der Waals surface area contributed by atoms with Gasteiger partial charge in [-0.25, -0.2) is 4.98 Å². The Hall–Kier alpha value is -3.08. The normalized spacial score (nSPS) is 13.5. The molecule has 0 aromatic carbocycles. The van der Waals surface area contributed by atoms with Gasteiger partial charge in [-0.3, -0.25) is 5.10 Å². The molecule has 4 aromatic rings. The summed E-state index contributed by atoms with van der Waals surface area (Å²) in [6.07, 6.45) is 16.6. The molecule has 0 bridgehead atoms. The third-order valence-corrected chi connectivity index (χ3v) is 4.70. The minimum Gasteiger partial charge on any atom is -0.346 e. The molecule has 0 radical (unpaired) electrons. The van der Waals surface area contributed by atoms with E-state index in [1.54, 1.807) is 0 Å². The van der Waals surface area contributed by atoms with Crippen LogP contribution in [0.2, 0.25) is 0 Å². The Morgan fingerprint density at radius 3 is 3.12 bits per heavy atom. The second-order valence-electron chi connectivity index (χ2n) is 6.22. The van der Waals surface area contributed by atoms with Crippen LogP contribution in [0.5, 0.6) is 0 Å². The Kier molecular flexibility index (Phi) is 2.91. The molecule has 1 aliphatic carbocycles. The Morgan fingerprint density at radius 1 is 1.21 bits per heavy atom. The van der Waals surface area contributed by atoms with Gasteiger partial charge >= 0.3 is 0 Å². The lowest BCUT2D eigenvalue weighted by atomic mass is 10.0. The first-order valence-electron chi connectivity index (χ1n) is 8.18. The van der Waals surface area contributed by atoms with Crippen molar-refractivity contribution < 1.29 is 0 Å². The van der Waals surface area contributed by atoms with Crippen LogP contribution in [-0.4, -0.2) is 24.7 Å². The molecule has 0 aliphatic heterocycles. The summed E-state index contributed by atoms with van der Waals surface area (Å²) in [5.41, 5.74) is 7.07. The number of aryl methyl sites for hydroxylation is 1. The van der Waals surface area contributed by atoms with E-state index in [9.17, 15) is 0 Å². The third-order valence-electron chi connectivity index (χ3n) is 4.70. The fourth-order valence-corrected chi connectivity index (χ4v) is 3.48. The monoisotopic (exact) mass is 315 g/mol. The van der Waals surface area contributed by atoms with Gasteiger partial charge in [0.05, 0.1) is 6.20 Å². The van der Waals surface area contributed by atoms with Crippen LogP contribution >= 0.6 is 0 Å². The summed E-state index contributed by atoms with van der Waals surface area (Å²) in [7, 11) is 0. The van der Waals surface area contributed by atoms with E-state index in [0.29, 0.717) is 0 Å². The molecule has 0 saturated heterocycles. The number of fused-ring (bicyclic) bond motifs is 2. The maximum atomic E-state index is 4.59. The van der Waals surface area contributed by atoms with E-state index in [2.05, 4.69) is 55.2 Å². The van der Waals surface area contributed by atoms with Crippen LogP contribution in [0, 0.1) is 0 Å². The Balaban J connectivity index is 1.55. The highest BCUT2D eigenvalue weighted by Crippen LogP contribution is 2.28. The van der Waals surface area contributed by atoms with Crippen molar-refractivity contribution in [2.24, 2.45) is 0 Å². The molecule has 0 atom stereocenters. The SMILES string of the molecule is C1=Cc2c(ccn2Cc2cnc3[nH]cc(-c4cn[nH]c4)c3c2)CC1. The van der Waals surface area contributed by atoms with E-state index in [0.717, 1.165) is 41.5 Å². The van der Waals surface area contributed by atoms with E-state index in [1.165, 1.54) is 16.8 Å². The van der Waals surface area contributed by atoms with E-state index < -0.39 is 0 Å². The quantitative estimate of drug-likeness (QED) is 0.604. The van der Waals surface area contributed by atoms with Crippen LogP contribution in [0.3, 0.4) is 0 Å². The zero-order chi connectivity index (χ0) is 15.9. The van der Waals surface area contributed by atoms with Gasteiger partial charge in [0.1, 0.15) is 5.65 Å². The molecule has 5 rings (SSSR count). The third kappa shape index (κ3) is 2.09. The van der Waals surface area contributed by atoms with Crippen LogP contribution in [0.1, 0.15) is 23.2 Å². The van der Waals surface area contributed by atoms with E-state index in [-0.39, 0.29) is 0 Å². The number of rotatable bonds is 3. The minimum atomic E-state index is 0.832. The first-order chi connectivity index (χ1) is 11.9. The molecule has 0 spiro atoms. The summed E-state index contributed by atoms with van der Waals surface area (Å²) in [4.78, 5) is 7.83. The molecule has 118 valence electrons. The summed E-state index contributed by atoms with van der Waals surface area (Å²) in [6, 6.07) is 4.46. The van der Waals surface area contributed by atoms with Gasteiger partial charge in [0.15, 0.2) is 0 Å². The summed E-state index contributed by atoms with van der Waals surface area (Å²) >= 11 is 0. The van der Waals surface area contributed by atoms with Gasteiger partial charge in [-0.05, 0) is 42.2 Å². The van der Waals surface area contributed by atoms with Crippen molar-refractivity contribution in [3.63, 3.8) is 0 Å². The predicted molar refractivity (Wildman–Crippen MR) is 94.6 cm³/mol. The van der Waals surface area contributed by atoms with Crippen molar-refractivity contribution in [3.05, 3.63) is 66.0 Å². The highest BCUT2D eigenvalue weighted by molar-refractivity contribution is 5.93. The molecule has 0 saturated carbocycles. The summed E-state index contributed by atoms with van der Waals surface area (Å²) in [5, 5.41) is 8.05. The smallest absolute Gasteiger partial charge is 0.137 e. The van der Waals surface area contributed by atoms with Gasteiger partial charge < -0.3 is 9.55 Å². The van der Waals surface area contributed by atoms with Crippen molar-refractivity contribution in [2.45, 2.75) is 19.4 Å². The van der Waals surface area contributed by atoms with Gasteiger partial charge in [-0.15, -0.1) is 0 Å². The number of hydrogen-bond acceptors (Lipinski definition) is 2. The fourth-order valence-electron chi connectivity index (χ4n) is 3.48. The first-order valence-corrected chi connectivity index (χ1v) is 8.18. The molecule has 4 heterocycles. The molecular weight excluding hydrogens is 298 g/mol. The number of aromatic nitrogens is 5. The van der Waals surface area contributed by atoms with E-state index in [1.807, 2.05) is 24.8 Å². The minimum absolute atomic E-state index is 0.832. The molecule has 4 aromatic heterocycles. The zero-order valence-electron chi connectivity index (χ0n) is 13.2. The number of hydrogen-bond donors (Lipinski definition) is 2. The van der Waals surface area contributed by atoms with Crippen LogP contribution in [0.15, 0.2) is 49.2 Å². The maximum Gasteiger partial charge on any atom is 0.137 e. The number of allylic oxidation sites excluding steroid dienone is 1. The lowest BCUT2D eigenvalue weighted by Crippen LogP contribution is -2.03. The van der Waals surface area contributed by atoms with Crippen molar-refractivity contribution in [1.29, 1.82) is 0 Å². The second kappa shape index (κ2) is 5.23. The lowest BCUT2D eigenvalue weighted by Gasteiger charge is -2.11. The van der Waals surface area contributed by atoms with Gasteiger partial charge in [0.25, 0.3) is 0 Å². The fraction of sp³-hybridized carbons (Fsp3) is 0.158. The molecular formula is C19H17N5. The molecule has 0 unspecified atom stereocenters. The van der Waals surface area contributed by atoms with Crippen LogP contribution in [-0.2, 0) is 13.0 Å². The Bertz CT molecular complexity index is 1030. The molecule has 5 nitrogen and oxygen atoms in total. The maximum absolute atomic E-state index is 4.59. The van der Waals surface area contributed by atoms with E-state index in [4.69, 9.17) is 0 Å². The molecule has 2 N–H and O–H groups in total. The highest BCUT2D eigenvalue weighted by atomic mass is 15.1. The van der Waals surface area contributed by atoms with Gasteiger partial charge in [-0.2, -0.15) is 5.10 Å². The topological polar surface area (TPSA) is 62.3 Å². The molecule has 24 heavy (non-hydrogen) atoms. The number of H-pyrrole nitrogens is 2. The molecule has 1 aliphatic rings. The van der Waals surface area contributed by atoms with Crippen molar-refractivity contribution in [1.82, 2.24) is 24.7 Å². The van der Waals surface area contributed by atoms with Gasteiger partial charge in [-0.1, -0.05) is 6.08 Å². The van der Waals surface area contributed by atoms with Crippen LogP contribution in [0.4, 0.5) is 0 Å². The molecule has 0 amide bonds. The molecule has 5 heteroatoms. The number of pyridine rings is 1. The molecule has 0 fully saturated rings.